The van der Waals surface area contributed by atoms with Crippen molar-refractivity contribution in [3.8, 4) is 11.5 Å². The van der Waals surface area contributed by atoms with Crippen LogP contribution in [0.1, 0.15) is 38.8 Å². The topological polar surface area (TPSA) is 199 Å². The van der Waals surface area contributed by atoms with Crippen molar-refractivity contribution in [1.82, 2.24) is 10.9 Å². The zero-order chi connectivity index (χ0) is 27.7. The Balaban J connectivity index is 1.72. The molecule has 0 aliphatic carbocycles. The highest BCUT2D eigenvalue weighted by atomic mass is 16.6. The Kier molecular flexibility index (Phi) is 8.75. The van der Waals surface area contributed by atoms with E-state index in [2.05, 4.69) is 21.1 Å². The van der Waals surface area contributed by atoms with Gasteiger partial charge in [-0.2, -0.15) is 10.2 Å². The highest BCUT2D eigenvalue weighted by molar-refractivity contribution is 5.97. The molecule has 14 nitrogen and oxygen atoms in total. The van der Waals surface area contributed by atoms with Crippen LogP contribution in [0.3, 0.4) is 0 Å². The molecule has 0 heterocycles. The van der Waals surface area contributed by atoms with E-state index in [-0.39, 0.29) is 39.4 Å². The van der Waals surface area contributed by atoms with Crippen LogP contribution < -0.4 is 15.6 Å². The molecule has 3 rings (SSSR count). The number of non-ortho nitro benzene ring substituents is 2. The van der Waals surface area contributed by atoms with Crippen molar-refractivity contribution in [2.75, 3.05) is 6.61 Å². The Bertz CT molecular complexity index is 1320. The number of carbonyl (C=O) groups excluding carboxylic acids is 2. The van der Waals surface area contributed by atoms with Crippen molar-refractivity contribution in [2.24, 2.45) is 10.2 Å². The fourth-order valence-electron chi connectivity index (χ4n) is 3.02. The number of nitrogens with zero attached hydrogens (tertiary/aromatic N) is 4. The van der Waals surface area contributed by atoms with Gasteiger partial charge >= 0.3 is 0 Å². The van der Waals surface area contributed by atoms with Gasteiger partial charge in [0, 0.05) is 46.5 Å². The zero-order valence-corrected chi connectivity index (χ0v) is 19.7. The highest BCUT2D eigenvalue weighted by Crippen LogP contribution is 2.26. The second-order valence-electron chi connectivity index (χ2n) is 7.39. The summed E-state index contributed by atoms with van der Waals surface area (Å²) in [4.78, 5) is 44.8. The van der Waals surface area contributed by atoms with Crippen LogP contribution in [-0.4, -0.2) is 45.8 Å². The van der Waals surface area contributed by atoms with Gasteiger partial charge < -0.3 is 9.84 Å². The number of carbonyl (C=O) groups is 2. The van der Waals surface area contributed by atoms with E-state index in [1.54, 1.807) is 6.92 Å². The molecule has 0 fully saturated rings. The Morgan fingerprint density at radius 2 is 1.24 bits per heavy atom. The second-order valence-corrected chi connectivity index (χ2v) is 7.39. The summed E-state index contributed by atoms with van der Waals surface area (Å²) in [5.74, 6) is -1.20. The first-order chi connectivity index (χ1) is 18.2. The Morgan fingerprint density at radius 3 is 1.58 bits per heavy atom. The number of benzene rings is 3. The van der Waals surface area contributed by atoms with Gasteiger partial charge in [-0.05, 0) is 43.3 Å². The Morgan fingerprint density at radius 1 is 0.842 bits per heavy atom. The van der Waals surface area contributed by atoms with E-state index < -0.39 is 21.7 Å². The van der Waals surface area contributed by atoms with Gasteiger partial charge in [-0.3, -0.25) is 29.8 Å². The summed E-state index contributed by atoms with van der Waals surface area (Å²) in [5.41, 5.74) is 4.77. The lowest BCUT2D eigenvalue weighted by Crippen LogP contribution is -2.17. The van der Waals surface area contributed by atoms with Gasteiger partial charge in [-0.1, -0.05) is 0 Å². The minimum atomic E-state index is -0.632. The first kappa shape index (κ1) is 26.9. The summed E-state index contributed by atoms with van der Waals surface area (Å²) in [7, 11) is 0. The van der Waals surface area contributed by atoms with Crippen molar-refractivity contribution in [1.29, 1.82) is 0 Å². The number of amides is 2. The van der Waals surface area contributed by atoms with Crippen LogP contribution in [0, 0.1) is 20.2 Å². The first-order valence-corrected chi connectivity index (χ1v) is 10.8. The first-order valence-electron chi connectivity index (χ1n) is 10.8. The Hall–Kier alpha value is -5.66. The third kappa shape index (κ3) is 6.94. The number of nitro benzene ring substituents is 2. The molecule has 0 radical (unpaired) electrons. The highest BCUT2D eigenvalue weighted by Gasteiger charge is 2.12. The maximum Gasteiger partial charge on any atom is 0.271 e. The van der Waals surface area contributed by atoms with Crippen LogP contribution in [0.25, 0.3) is 0 Å². The molecule has 0 bridgehead atoms. The van der Waals surface area contributed by atoms with Crippen molar-refractivity contribution >= 4 is 35.6 Å². The fraction of sp³-hybridized carbons (Fsp3) is 0.0833. The molecule has 0 saturated heterocycles. The summed E-state index contributed by atoms with van der Waals surface area (Å²) in [6, 6.07) is 12.8. The van der Waals surface area contributed by atoms with Crippen LogP contribution in [-0.2, 0) is 0 Å². The number of hydrazone groups is 2. The zero-order valence-electron chi connectivity index (χ0n) is 19.7. The number of hydrogen-bond acceptors (Lipinski definition) is 10. The van der Waals surface area contributed by atoms with Gasteiger partial charge in [0.05, 0.1) is 28.9 Å². The average Bonchev–Trinajstić information content (AvgIpc) is 2.91. The molecule has 0 aliphatic rings. The van der Waals surface area contributed by atoms with Crippen molar-refractivity contribution in [3.63, 3.8) is 0 Å². The van der Waals surface area contributed by atoms with Crippen molar-refractivity contribution in [3.05, 3.63) is 103 Å². The van der Waals surface area contributed by atoms with E-state index in [0.717, 1.165) is 12.4 Å². The molecule has 2 amide bonds. The molecule has 0 unspecified atom stereocenters. The Labute approximate surface area is 214 Å². The number of ether oxygens (including phenoxy) is 1. The number of phenols is 1. The van der Waals surface area contributed by atoms with Gasteiger partial charge in [0.1, 0.15) is 11.5 Å². The summed E-state index contributed by atoms with van der Waals surface area (Å²) in [5, 5.41) is 39.7. The maximum atomic E-state index is 12.2. The predicted molar refractivity (Wildman–Crippen MR) is 136 cm³/mol. The molecule has 3 N–H and O–H groups in total. The van der Waals surface area contributed by atoms with Crippen LogP contribution in [0.4, 0.5) is 11.4 Å². The molecule has 0 saturated carbocycles. The van der Waals surface area contributed by atoms with Crippen molar-refractivity contribution < 1.29 is 29.3 Å². The quantitative estimate of drug-likeness (QED) is 0.206. The third-order valence-electron chi connectivity index (χ3n) is 4.87. The summed E-state index contributed by atoms with van der Waals surface area (Å²) < 4.78 is 5.48. The van der Waals surface area contributed by atoms with Gasteiger partial charge in [0.25, 0.3) is 23.2 Å². The van der Waals surface area contributed by atoms with Crippen LogP contribution in [0.15, 0.2) is 70.9 Å². The standard InChI is InChI=1S/C24H20N6O8/c1-2-38-21-11-17(13-25-27-23(32)15-3-7-19(8-4-15)29(34)35)22(31)18(12-21)14-26-28-24(33)16-5-9-20(10-6-16)30(36)37/h3-14,31H,2H2,1H3,(H,27,32)(H,28,33)/b25-13+,26-14+. The lowest BCUT2D eigenvalue weighted by Gasteiger charge is -2.09. The molecular weight excluding hydrogens is 500 g/mol. The molecule has 0 atom stereocenters. The SMILES string of the molecule is CCOc1cc(/C=N/NC(=O)c2ccc([N+](=O)[O-])cc2)c(O)c(/C=N/NC(=O)c2ccc([N+](=O)[O-])cc2)c1. The number of nitro groups is 2. The van der Waals surface area contributed by atoms with Crippen LogP contribution in [0.5, 0.6) is 11.5 Å². The van der Waals surface area contributed by atoms with E-state index in [9.17, 15) is 34.9 Å². The molecule has 14 heteroatoms. The third-order valence-corrected chi connectivity index (χ3v) is 4.87. The van der Waals surface area contributed by atoms with Gasteiger partial charge in [0.15, 0.2) is 0 Å². The summed E-state index contributed by atoms with van der Waals surface area (Å²) in [6.45, 7) is 2.06. The molecule has 0 aromatic heterocycles. The van der Waals surface area contributed by atoms with Crippen LogP contribution >= 0.6 is 0 Å². The molecular formula is C24H20N6O8. The minimum absolute atomic E-state index is 0.136. The number of hydrogen-bond donors (Lipinski definition) is 3. The number of phenolic OH excluding ortho intramolecular Hbond substituents is 1. The molecule has 38 heavy (non-hydrogen) atoms. The normalized spacial score (nSPS) is 10.9. The fourth-order valence-corrected chi connectivity index (χ4v) is 3.02. The monoisotopic (exact) mass is 520 g/mol. The molecule has 0 aliphatic heterocycles. The second kappa shape index (κ2) is 12.3. The minimum Gasteiger partial charge on any atom is -0.507 e. The molecule has 3 aromatic carbocycles. The maximum absolute atomic E-state index is 12.2. The lowest BCUT2D eigenvalue weighted by molar-refractivity contribution is -0.385. The van der Waals surface area contributed by atoms with E-state index in [1.165, 1.54) is 60.7 Å². The van der Waals surface area contributed by atoms with E-state index in [1.807, 2.05) is 0 Å². The number of nitrogens with one attached hydrogen (secondary N) is 2. The van der Waals surface area contributed by atoms with E-state index in [4.69, 9.17) is 4.74 Å². The smallest absolute Gasteiger partial charge is 0.271 e. The molecule has 3 aromatic rings. The van der Waals surface area contributed by atoms with Crippen LogP contribution in [0.2, 0.25) is 0 Å². The summed E-state index contributed by atoms with van der Waals surface area (Å²) in [6.07, 6.45) is 2.32. The van der Waals surface area contributed by atoms with Gasteiger partial charge in [-0.25, -0.2) is 10.9 Å². The van der Waals surface area contributed by atoms with Gasteiger partial charge in [-0.15, -0.1) is 0 Å². The molecule has 194 valence electrons. The van der Waals surface area contributed by atoms with E-state index >= 15 is 0 Å². The number of rotatable bonds is 10. The largest absolute Gasteiger partial charge is 0.507 e. The predicted octanol–water partition coefficient (Wildman–Crippen LogP) is 3.14. The average molecular weight is 520 g/mol. The van der Waals surface area contributed by atoms with Crippen molar-refractivity contribution in [2.45, 2.75) is 6.92 Å². The number of aromatic hydroxyl groups is 1. The van der Waals surface area contributed by atoms with E-state index in [0.29, 0.717) is 12.4 Å². The summed E-state index contributed by atoms with van der Waals surface area (Å²) >= 11 is 0. The lowest BCUT2D eigenvalue weighted by atomic mass is 10.1. The molecule has 0 spiro atoms. The van der Waals surface area contributed by atoms with Gasteiger partial charge in [0.2, 0.25) is 0 Å².